The van der Waals surface area contributed by atoms with Gasteiger partial charge < -0.3 is 9.84 Å². The third-order valence-corrected chi connectivity index (χ3v) is 2.60. The Morgan fingerprint density at radius 2 is 2.10 bits per heavy atom. The maximum atomic E-state index is 11.9. The van der Waals surface area contributed by atoms with E-state index in [9.17, 15) is 13.2 Å². The highest BCUT2D eigenvalue weighted by Gasteiger charge is 2.26. The first-order chi connectivity index (χ1) is 9.42. The molecule has 0 aliphatic heterocycles. The molecule has 0 aliphatic rings. The first kappa shape index (κ1) is 14.8. The Morgan fingerprint density at radius 1 is 1.30 bits per heavy atom. The van der Waals surface area contributed by atoms with E-state index in [1.54, 1.807) is 18.2 Å². The van der Waals surface area contributed by atoms with Crippen molar-refractivity contribution < 1.29 is 17.7 Å². The summed E-state index contributed by atoms with van der Waals surface area (Å²) in [5.41, 5.74) is 0.896. The van der Waals surface area contributed by atoms with Crippen LogP contribution in [-0.2, 0) is 13.0 Å². The molecule has 1 heterocycles. The number of rotatable bonds is 5. The third-order valence-electron chi connectivity index (χ3n) is 2.36. The summed E-state index contributed by atoms with van der Waals surface area (Å²) in [6, 6.07) is 7.15. The molecule has 0 spiro atoms. The van der Waals surface area contributed by atoms with Crippen LogP contribution in [0, 0.1) is 0 Å². The highest BCUT2D eigenvalue weighted by molar-refractivity contribution is 6.30. The van der Waals surface area contributed by atoms with E-state index < -0.39 is 12.7 Å². The zero-order valence-electron chi connectivity index (χ0n) is 10.2. The number of alkyl halides is 3. The molecule has 1 aromatic heterocycles. The van der Waals surface area contributed by atoms with Gasteiger partial charge in [0.1, 0.15) is 0 Å². The van der Waals surface area contributed by atoms with E-state index in [1.807, 2.05) is 6.07 Å². The van der Waals surface area contributed by atoms with Crippen LogP contribution in [0.5, 0.6) is 0 Å². The third kappa shape index (κ3) is 4.82. The number of aromatic nitrogens is 2. The van der Waals surface area contributed by atoms with Crippen molar-refractivity contribution in [2.75, 3.05) is 6.54 Å². The van der Waals surface area contributed by atoms with Crippen LogP contribution in [0.4, 0.5) is 13.2 Å². The van der Waals surface area contributed by atoms with Gasteiger partial charge in [-0.1, -0.05) is 28.9 Å². The van der Waals surface area contributed by atoms with Crippen LogP contribution < -0.4 is 5.32 Å². The van der Waals surface area contributed by atoms with Crippen LogP contribution >= 0.6 is 11.6 Å². The van der Waals surface area contributed by atoms with Gasteiger partial charge in [0, 0.05) is 11.4 Å². The second-order valence-corrected chi connectivity index (χ2v) is 4.57. The van der Waals surface area contributed by atoms with Gasteiger partial charge >= 0.3 is 6.18 Å². The van der Waals surface area contributed by atoms with Gasteiger partial charge in [-0.2, -0.15) is 18.2 Å². The highest BCUT2D eigenvalue weighted by atomic mass is 35.5. The van der Waals surface area contributed by atoms with Gasteiger partial charge in [0.2, 0.25) is 5.89 Å². The fraction of sp³-hybridized carbons (Fsp3) is 0.333. The fourth-order valence-electron chi connectivity index (χ4n) is 1.57. The number of nitrogens with one attached hydrogen (secondary N) is 1. The Bertz CT molecular complexity index is 571. The summed E-state index contributed by atoms with van der Waals surface area (Å²) >= 11 is 5.85. The predicted molar refractivity (Wildman–Crippen MR) is 66.3 cm³/mol. The number of hydrogen-bond acceptors (Lipinski definition) is 4. The predicted octanol–water partition coefficient (Wildman–Crippen LogP) is 2.97. The summed E-state index contributed by atoms with van der Waals surface area (Å²) in [6.07, 6.45) is -3.85. The van der Waals surface area contributed by atoms with Crippen molar-refractivity contribution in [2.45, 2.75) is 19.1 Å². The Morgan fingerprint density at radius 3 is 2.80 bits per heavy atom. The zero-order valence-corrected chi connectivity index (χ0v) is 11.0. The minimum Gasteiger partial charge on any atom is -0.338 e. The summed E-state index contributed by atoms with van der Waals surface area (Å²) in [5, 5.41) is 6.49. The van der Waals surface area contributed by atoms with Crippen LogP contribution in [-0.4, -0.2) is 22.9 Å². The molecule has 1 N–H and O–H groups in total. The lowest BCUT2D eigenvalue weighted by Crippen LogP contribution is -2.28. The van der Waals surface area contributed by atoms with Gasteiger partial charge in [0.05, 0.1) is 13.1 Å². The molecule has 0 amide bonds. The lowest BCUT2D eigenvalue weighted by Gasteiger charge is -2.05. The van der Waals surface area contributed by atoms with Crippen LogP contribution in [0.1, 0.15) is 17.3 Å². The lowest BCUT2D eigenvalue weighted by molar-refractivity contribution is -0.125. The average molecular weight is 306 g/mol. The zero-order chi connectivity index (χ0) is 14.6. The first-order valence-corrected chi connectivity index (χ1v) is 6.13. The Hall–Kier alpha value is -1.60. The summed E-state index contributed by atoms with van der Waals surface area (Å²) in [4.78, 5) is 4.00. The van der Waals surface area contributed by atoms with Crippen molar-refractivity contribution >= 4 is 11.6 Å². The maximum absolute atomic E-state index is 11.9. The molecule has 2 rings (SSSR count). The van der Waals surface area contributed by atoms with E-state index in [4.69, 9.17) is 16.1 Å². The van der Waals surface area contributed by atoms with Gasteiger partial charge in [-0.15, -0.1) is 0 Å². The standard InChI is InChI=1S/C12H11ClF3N3O/c13-9-3-1-2-8(4-9)5-10-18-11(20-19-10)6-17-7-12(14,15)16/h1-4,17H,5-7H2. The molecule has 0 unspecified atom stereocenters. The first-order valence-electron chi connectivity index (χ1n) is 5.76. The van der Waals surface area contributed by atoms with Crippen LogP contribution in [0.2, 0.25) is 5.02 Å². The summed E-state index contributed by atoms with van der Waals surface area (Å²) in [6.45, 7) is -1.22. The van der Waals surface area contributed by atoms with Crippen molar-refractivity contribution in [1.29, 1.82) is 0 Å². The number of halogens is 4. The molecular weight excluding hydrogens is 295 g/mol. The average Bonchev–Trinajstić information content (AvgIpc) is 2.75. The molecule has 4 nitrogen and oxygen atoms in total. The molecule has 0 aliphatic carbocycles. The molecule has 1 aromatic carbocycles. The molecule has 20 heavy (non-hydrogen) atoms. The smallest absolute Gasteiger partial charge is 0.338 e. The lowest BCUT2D eigenvalue weighted by atomic mass is 10.1. The largest absolute Gasteiger partial charge is 0.401 e. The maximum Gasteiger partial charge on any atom is 0.401 e. The molecule has 0 atom stereocenters. The van der Waals surface area contributed by atoms with Crippen molar-refractivity contribution in [1.82, 2.24) is 15.5 Å². The molecular formula is C12H11ClF3N3O. The summed E-state index contributed by atoms with van der Waals surface area (Å²) < 4.78 is 40.7. The minimum absolute atomic E-state index is 0.117. The SMILES string of the molecule is FC(F)(F)CNCc1nc(Cc2cccc(Cl)c2)no1. The van der Waals surface area contributed by atoms with Gasteiger partial charge in [0.15, 0.2) is 5.82 Å². The van der Waals surface area contributed by atoms with Gasteiger partial charge in [-0.3, -0.25) is 0 Å². The molecule has 2 aromatic rings. The second kappa shape index (κ2) is 6.23. The van der Waals surface area contributed by atoms with Crippen molar-refractivity contribution in [2.24, 2.45) is 0 Å². The Kier molecular flexibility index (Phi) is 4.61. The normalized spacial score (nSPS) is 11.8. The van der Waals surface area contributed by atoms with Crippen LogP contribution in [0.15, 0.2) is 28.8 Å². The van der Waals surface area contributed by atoms with E-state index in [2.05, 4.69) is 15.5 Å². The number of benzene rings is 1. The number of nitrogens with zero attached hydrogens (tertiary/aromatic N) is 2. The molecule has 108 valence electrons. The van der Waals surface area contributed by atoms with Gasteiger partial charge in [-0.05, 0) is 17.7 Å². The van der Waals surface area contributed by atoms with E-state index >= 15 is 0 Å². The highest BCUT2D eigenvalue weighted by Crippen LogP contribution is 2.14. The second-order valence-electron chi connectivity index (χ2n) is 4.13. The van der Waals surface area contributed by atoms with Gasteiger partial charge in [0.25, 0.3) is 0 Å². The van der Waals surface area contributed by atoms with E-state index in [0.717, 1.165) is 5.56 Å². The molecule has 0 bridgehead atoms. The topological polar surface area (TPSA) is 51.0 Å². The molecule has 0 radical (unpaired) electrons. The summed E-state index contributed by atoms with van der Waals surface area (Å²) in [7, 11) is 0. The van der Waals surface area contributed by atoms with E-state index in [0.29, 0.717) is 17.3 Å². The van der Waals surface area contributed by atoms with Crippen molar-refractivity contribution in [3.63, 3.8) is 0 Å². The van der Waals surface area contributed by atoms with Crippen LogP contribution in [0.25, 0.3) is 0 Å². The van der Waals surface area contributed by atoms with Gasteiger partial charge in [-0.25, -0.2) is 0 Å². The fourth-order valence-corrected chi connectivity index (χ4v) is 1.79. The Labute approximate surface area is 117 Å². The van der Waals surface area contributed by atoms with E-state index in [1.165, 1.54) is 0 Å². The molecule has 8 heteroatoms. The van der Waals surface area contributed by atoms with E-state index in [-0.39, 0.29) is 12.4 Å². The minimum atomic E-state index is -4.26. The van der Waals surface area contributed by atoms with Crippen molar-refractivity contribution in [3.05, 3.63) is 46.6 Å². The molecule has 0 fully saturated rings. The molecule has 0 saturated carbocycles. The monoisotopic (exact) mass is 305 g/mol. The Balaban J connectivity index is 1.89. The summed E-state index contributed by atoms with van der Waals surface area (Å²) in [5.74, 6) is 0.516. The quantitative estimate of drug-likeness (QED) is 0.922. The number of hydrogen-bond donors (Lipinski definition) is 1. The molecule has 0 saturated heterocycles. The van der Waals surface area contributed by atoms with Crippen LogP contribution in [0.3, 0.4) is 0 Å². The van der Waals surface area contributed by atoms with Crippen molar-refractivity contribution in [3.8, 4) is 0 Å².